The molecule has 3 nitrogen and oxygen atoms in total. The lowest BCUT2D eigenvalue weighted by molar-refractivity contribution is -0.376. The maximum atomic E-state index is 13.1. The van der Waals surface area contributed by atoms with Gasteiger partial charge < -0.3 is 10.0 Å². The number of halogens is 7. The number of aliphatic hydroxyl groups is 1. The van der Waals surface area contributed by atoms with E-state index in [1.807, 2.05) is 22.6 Å². The molecule has 2 rings (SSSR count). The minimum Gasteiger partial charge on any atom is -0.369 e. The second-order valence-corrected chi connectivity index (χ2v) is 7.19. The molecule has 0 bridgehead atoms. The van der Waals surface area contributed by atoms with Crippen molar-refractivity contribution in [2.75, 3.05) is 11.9 Å². The molecule has 1 N–H and O–H groups in total. The summed E-state index contributed by atoms with van der Waals surface area (Å²) in [6, 6.07) is 8.44. The topological polar surface area (TPSA) is 40.5 Å². The first-order valence-electron chi connectivity index (χ1n) is 7.91. The van der Waals surface area contributed by atoms with E-state index in [-0.39, 0.29) is 11.3 Å². The Hall–Kier alpha value is -2.08. The zero-order chi connectivity index (χ0) is 22.2. The van der Waals surface area contributed by atoms with Crippen molar-refractivity contribution >= 4 is 40.3 Å². The lowest BCUT2D eigenvalue weighted by atomic mass is 9.90. The highest BCUT2D eigenvalue weighted by Gasteiger charge is 2.71. The molecule has 10 heteroatoms. The molecular formula is C19H14F6INO2. The first-order valence-corrected chi connectivity index (χ1v) is 8.99. The first kappa shape index (κ1) is 23.2. The van der Waals surface area contributed by atoms with Gasteiger partial charge in [-0.2, -0.15) is 26.3 Å². The van der Waals surface area contributed by atoms with Crippen LogP contribution in [0.3, 0.4) is 0 Å². The highest BCUT2D eigenvalue weighted by molar-refractivity contribution is 14.1. The van der Waals surface area contributed by atoms with Crippen molar-refractivity contribution in [3.8, 4) is 0 Å². The molecular weight excluding hydrogens is 515 g/mol. The maximum Gasteiger partial charge on any atom is 0.430 e. The van der Waals surface area contributed by atoms with Crippen molar-refractivity contribution in [1.29, 1.82) is 0 Å². The van der Waals surface area contributed by atoms with E-state index in [1.54, 1.807) is 18.2 Å². The number of hydrogen-bond donors (Lipinski definition) is 1. The van der Waals surface area contributed by atoms with Gasteiger partial charge in [-0.05, 0) is 52.4 Å². The summed E-state index contributed by atoms with van der Waals surface area (Å²) >= 11 is 1.93. The lowest BCUT2D eigenvalue weighted by Crippen LogP contribution is -2.54. The van der Waals surface area contributed by atoms with Crippen LogP contribution in [-0.4, -0.2) is 30.4 Å². The molecule has 1 amide bonds. The Labute approximate surface area is 175 Å². The van der Waals surface area contributed by atoms with E-state index in [0.29, 0.717) is 21.3 Å². The summed E-state index contributed by atoms with van der Waals surface area (Å²) < 4.78 is 79.3. The van der Waals surface area contributed by atoms with E-state index < -0.39 is 29.4 Å². The molecule has 156 valence electrons. The molecule has 0 aliphatic heterocycles. The molecule has 2 aromatic carbocycles. The van der Waals surface area contributed by atoms with Crippen LogP contribution in [-0.2, 0) is 5.60 Å². The van der Waals surface area contributed by atoms with Crippen molar-refractivity contribution in [1.82, 2.24) is 0 Å². The highest BCUT2D eigenvalue weighted by atomic mass is 127. The maximum absolute atomic E-state index is 13.1. The van der Waals surface area contributed by atoms with Crippen LogP contribution in [0.25, 0.3) is 6.08 Å². The fraction of sp³-hybridized carbons (Fsp3) is 0.211. The molecule has 0 saturated heterocycles. The second-order valence-electron chi connectivity index (χ2n) is 6.03. The molecule has 0 spiro atoms. The zero-order valence-corrected chi connectivity index (χ0v) is 16.9. The molecule has 0 atom stereocenters. The normalized spacial score (nSPS) is 12.6. The van der Waals surface area contributed by atoms with E-state index in [0.717, 1.165) is 17.0 Å². The van der Waals surface area contributed by atoms with E-state index in [9.17, 15) is 36.2 Å². The van der Waals surface area contributed by atoms with Crippen LogP contribution >= 0.6 is 22.6 Å². The second kappa shape index (κ2) is 7.98. The number of hydrogen-bond acceptors (Lipinski definition) is 2. The molecule has 0 fully saturated rings. The van der Waals surface area contributed by atoms with Gasteiger partial charge in [-0.15, -0.1) is 0 Å². The van der Waals surface area contributed by atoms with Crippen molar-refractivity contribution in [2.24, 2.45) is 0 Å². The Balaban J connectivity index is 2.57. The van der Waals surface area contributed by atoms with Gasteiger partial charge in [0.15, 0.2) is 0 Å². The molecule has 0 aliphatic carbocycles. The zero-order valence-electron chi connectivity index (χ0n) is 14.8. The van der Waals surface area contributed by atoms with Crippen molar-refractivity contribution in [3.63, 3.8) is 0 Å². The fourth-order valence-corrected chi connectivity index (χ4v) is 3.28. The van der Waals surface area contributed by atoms with E-state index in [4.69, 9.17) is 0 Å². The van der Waals surface area contributed by atoms with Gasteiger partial charge in [-0.25, -0.2) is 0 Å². The fourth-order valence-electron chi connectivity index (χ4n) is 2.66. The SMILES string of the molecule is C=Cc1cc(C(O)(C(F)(F)F)C(F)(F)F)ccc1N(C)C(=O)c1ccccc1I. The Kier molecular flexibility index (Phi) is 6.38. The Morgan fingerprint density at radius 1 is 1.07 bits per heavy atom. The third kappa shape index (κ3) is 4.13. The van der Waals surface area contributed by atoms with Crippen LogP contribution in [0.15, 0.2) is 49.0 Å². The van der Waals surface area contributed by atoms with Gasteiger partial charge in [0, 0.05) is 16.2 Å². The van der Waals surface area contributed by atoms with Crippen LogP contribution in [0.4, 0.5) is 32.0 Å². The lowest BCUT2D eigenvalue weighted by Gasteiger charge is -2.33. The molecule has 0 aliphatic rings. The largest absolute Gasteiger partial charge is 0.430 e. The van der Waals surface area contributed by atoms with Gasteiger partial charge in [0.2, 0.25) is 0 Å². The van der Waals surface area contributed by atoms with Crippen molar-refractivity contribution < 1.29 is 36.2 Å². The quantitative estimate of drug-likeness (QED) is 0.419. The average Bonchev–Trinajstić information content (AvgIpc) is 2.64. The summed E-state index contributed by atoms with van der Waals surface area (Å²) in [5.74, 6) is -0.521. The van der Waals surface area contributed by atoms with Gasteiger partial charge >= 0.3 is 12.4 Å². The molecule has 0 radical (unpaired) electrons. The summed E-state index contributed by atoms with van der Waals surface area (Å²) in [6.07, 6.45) is -11.0. The van der Waals surface area contributed by atoms with Crippen molar-refractivity contribution in [2.45, 2.75) is 18.0 Å². The van der Waals surface area contributed by atoms with Gasteiger partial charge in [0.25, 0.3) is 11.5 Å². The third-order valence-electron chi connectivity index (χ3n) is 4.26. The number of rotatable bonds is 4. The summed E-state index contributed by atoms with van der Waals surface area (Å²) in [5.41, 5.74) is -6.34. The highest BCUT2D eigenvalue weighted by Crippen LogP contribution is 2.50. The summed E-state index contributed by atoms with van der Waals surface area (Å²) in [4.78, 5) is 13.8. The van der Waals surface area contributed by atoms with Crippen LogP contribution in [0, 0.1) is 3.57 Å². The van der Waals surface area contributed by atoms with Crippen LogP contribution < -0.4 is 4.90 Å². The molecule has 0 saturated carbocycles. The van der Waals surface area contributed by atoms with Gasteiger partial charge in [0.05, 0.1) is 11.3 Å². The minimum absolute atomic E-state index is 0.0279. The van der Waals surface area contributed by atoms with Crippen LogP contribution in [0.2, 0.25) is 0 Å². The Morgan fingerprint density at radius 2 is 1.62 bits per heavy atom. The predicted octanol–water partition coefficient (Wildman–Crippen LogP) is 5.52. The predicted molar refractivity (Wildman–Crippen MR) is 104 cm³/mol. The number of anilines is 1. The molecule has 0 heterocycles. The van der Waals surface area contributed by atoms with E-state index >= 15 is 0 Å². The number of alkyl halides is 6. The molecule has 0 aromatic heterocycles. The van der Waals surface area contributed by atoms with Crippen LogP contribution in [0.1, 0.15) is 21.5 Å². The standard InChI is InChI=1S/C19H14F6INO2/c1-3-11-10-12(17(29,18(20,21)22)19(23,24)25)8-9-15(11)27(2)16(28)13-6-4-5-7-14(13)26/h3-10,29H,1H2,2H3. The van der Waals surface area contributed by atoms with Gasteiger partial charge in [0.1, 0.15) is 0 Å². The Morgan fingerprint density at radius 3 is 2.10 bits per heavy atom. The first-order chi connectivity index (χ1) is 13.3. The average molecular weight is 529 g/mol. The van der Waals surface area contributed by atoms with Gasteiger partial charge in [-0.3, -0.25) is 4.79 Å². The number of carbonyl (C=O) groups is 1. The number of nitrogens with zero attached hydrogens (tertiary/aromatic N) is 1. The molecule has 29 heavy (non-hydrogen) atoms. The van der Waals surface area contributed by atoms with E-state index in [1.165, 1.54) is 13.1 Å². The number of amides is 1. The summed E-state index contributed by atoms with van der Waals surface area (Å²) in [7, 11) is 1.33. The minimum atomic E-state index is -6.01. The van der Waals surface area contributed by atoms with Gasteiger partial charge in [-0.1, -0.05) is 30.9 Å². The van der Waals surface area contributed by atoms with Crippen molar-refractivity contribution in [3.05, 3.63) is 69.3 Å². The Bertz CT molecular complexity index is 925. The van der Waals surface area contributed by atoms with Crippen LogP contribution in [0.5, 0.6) is 0 Å². The number of carbonyl (C=O) groups excluding carboxylic acids is 1. The molecule has 2 aromatic rings. The third-order valence-corrected chi connectivity index (χ3v) is 5.20. The molecule has 0 unspecified atom stereocenters. The summed E-state index contributed by atoms with van der Waals surface area (Å²) in [5, 5.41) is 9.56. The van der Waals surface area contributed by atoms with E-state index in [2.05, 4.69) is 6.58 Å². The smallest absolute Gasteiger partial charge is 0.369 e. The summed E-state index contributed by atoms with van der Waals surface area (Å²) in [6.45, 7) is 3.39. The monoisotopic (exact) mass is 529 g/mol. The number of benzene rings is 2.